The van der Waals surface area contributed by atoms with Crippen molar-refractivity contribution in [2.75, 3.05) is 0 Å². The van der Waals surface area contributed by atoms with Gasteiger partial charge in [-0.15, -0.1) is 0 Å². The Morgan fingerprint density at radius 1 is 0.609 bits per heavy atom. The fraction of sp³-hybridized carbons (Fsp3) is 0.0952. The number of nitrogens with zero attached hydrogens (tertiary/aromatic N) is 1. The van der Waals surface area contributed by atoms with Gasteiger partial charge in [-0.3, -0.25) is 0 Å². The van der Waals surface area contributed by atoms with Crippen LogP contribution in [0.25, 0.3) is 0 Å². The second-order valence-electron chi connectivity index (χ2n) is 5.67. The Bertz CT molecular complexity index is 813. The quantitative estimate of drug-likeness (QED) is 0.673. The van der Waals surface area contributed by atoms with Crippen molar-refractivity contribution in [2.45, 2.75) is 11.2 Å². The Balaban J connectivity index is 1.96. The van der Waals surface area contributed by atoms with Crippen molar-refractivity contribution >= 4 is 0 Å². The van der Waals surface area contributed by atoms with Gasteiger partial charge >= 0.3 is 0 Å². The molecule has 0 amide bonds. The van der Waals surface area contributed by atoms with E-state index in [1.165, 1.54) is 0 Å². The molecule has 3 aromatic rings. The number of hydrogen-bond acceptors (Lipinski definition) is 2. The summed E-state index contributed by atoms with van der Waals surface area (Å²) in [6.07, 6.45) is 0. The molecule has 3 aromatic carbocycles. The SMILES string of the molecule is N#C[C@@]1(c2ccccc2)OC1(c1ccccc1)c1ccccc1. The summed E-state index contributed by atoms with van der Waals surface area (Å²) < 4.78 is 6.24. The molecule has 0 bridgehead atoms. The van der Waals surface area contributed by atoms with Crippen LogP contribution in [0.2, 0.25) is 0 Å². The summed E-state index contributed by atoms with van der Waals surface area (Å²) in [6, 6.07) is 32.1. The zero-order valence-corrected chi connectivity index (χ0v) is 12.5. The molecule has 0 N–H and O–H groups in total. The van der Waals surface area contributed by atoms with E-state index in [9.17, 15) is 5.26 Å². The molecule has 0 saturated carbocycles. The first kappa shape index (κ1) is 13.8. The summed E-state index contributed by atoms with van der Waals surface area (Å²) in [5.74, 6) is 0. The van der Waals surface area contributed by atoms with Gasteiger partial charge in [0.1, 0.15) is 6.07 Å². The van der Waals surface area contributed by atoms with Gasteiger partial charge in [-0.1, -0.05) is 91.0 Å². The summed E-state index contributed by atoms with van der Waals surface area (Å²) >= 11 is 0. The second-order valence-corrected chi connectivity index (χ2v) is 5.67. The van der Waals surface area contributed by atoms with E-state index in [2.05, 4.69) is 6.07 Å². The minimum absolute atomic E-state index is 0.758. The minimum Gasteiger partial charge on any atom is -0.332 e. The van der Waals surface area contributed by atoms with Gasteiger partial charge in [0.2, 0.25) is 5.60 Å². The van der Waals surface area contributed by atoms with Gasteiger partial charge in [0.25, 0.3) is 0 Å². The molecule has 1 atom stereocenters. The van der Waals surface area contributed by atoms with Gasteiger partial charge in [-0.25, -0.2) is 0 Å². The Morgan fingerprint density at radius 3 is 1.39 bits per heavy atom. The number of nitriles is 1. The van der Waals surface area contributed by atoms with Crippen LogP contribution < -0.4 is 0 Å². The highest BCUT2D eigenvalue weighted by Gasteiger charge is 2.73. The highest BCUT2D eigenvalue weighted by molar-refractivity contribution is 5.55. The van der Waals surface area contributed by atoms with Crippen LogP contribution in [0.15, 0.2) is 91.0 Å². The van der Waals surface area contributed by atoms with Gasteiger partial charge < -0.3 is 4.74 Å². The number of rotatable bonds is 3. The Labute approximate surface area is 135 Å². The summed E-state index contributed by atoms with van der Waals surface area (Å²) in [7, 11) is 0. The van der Waals surface area contributed by atoms with Crippen molar-refractivity contribution in [2.24, 2.45) is 0 Å². The molecule has 2 heteroatoms. The topological polar surface area (TPSA) is 36.3 Å². The van der Waals surface area contributed by atoms with E-state index in [4.69, 9.17) is 4.74 Å². The van der Waals surface area contributed by atoms with Crippen LogP contribution in [-0.2, 0) is 15.9 Å². The molecule has 1 heterocycles. The van der Waals surface area contributed by atoms with Gasteiger partial charge in [0.05, 0.1) is 0 Å². The number of epoxide rings is 1. The summed E-state index contributed by atoms with van der Waals surface area (Å²) in [6.45, 7) is 0. The van der Waals surface area contributed by atoms with Crippen molar-refractivity contribution < 1.29 is 4.74 Å². The van der Waals surface area contributed by atoms with E-state index in [1.54, 1.807) is 0 Å². The molecular formula is C21H15NO. The fourth-order valence-electron chi connectivity index (χ4n) is 3.34. The Morgan fingerprint density at radius 2 is 1.00 bits per heavy atom. The maximum absolute atomic E-state index is 9.99. The van der Waals surface area contributed by atoms with Crippen molar-refractivity contribution in [3.63, 3.8) is 0 Å². The van der Waals surface area contributed by atoms with Crippen LogP contribution in [-0.4, -0.2) is 0 Å². The van der Waals surface area contributed by atoms with Gasteiger partial charge in [0.15, 0.2) is 5.60 Å². The molecule has 4 rings (SSSR count). The van der Waals surface area contributed by atoms with E-state index in [0.29, 0.717) is 0 Å². The molecule has 0 aromatic heterocycles. The van der Waals surface area contributed by atoms with Crippen molar-refractivity contribution in [3.8, 4) is 6.07 Å². The van der Waals surface area contributed by atoms with E-state index < -0.39 is 11.2 Å². The molecule has 0 aliphatic carbocycles. The highest BCUT2D eigenvalue weighted by Crippen LogP contribution is 2.65. The molecule has 1 fully saturated rings. The maximum Gasteiger partial charge on any atom is 0.218 e. The lowest BCUT2D eigenvalue weighted by atomic mass is 9.78. The van der Waals surface area contributed by atoms with E-state index >= 15 is 0 Å². The van der Waals surface area contributed by atoms with Crippen molar-refractivity contribution in [3.05, 3.63) is 108 Å². The van der Waals surface area contributed by atoms with Crippen LogP contribution >= 0.6 is 0 Å². The standard InChI is InChI=1S/C21H15NO/c22-16-20(17-10-4-1-5-11-17)21(23-20,18-12-6-2-7-13-18)19-14-8-3-9-15-19/h1-15H/t20-/m0/s1. The monoisotopic (exact) mass is 297 g/mol. The fourth-order valence-corrected chi connectivity index (χ4v) is 3.34. The van der Waals surface area contributed by atoms with Crippen LogP contribution in [0.4, 0.5) is 0 Å². The second kappa shape index (κ2) is 5.08. The van der Waals surface area contributed by atoms with Crippen molar-refractivity contribution in [1.29, 1.82) is 5.26 Å². The maximum atomic E-state index is 9.99. The van der Waals surface area contributed by atoms with E-state index in [1.807, 2.05) is 91.0 Å². The van der Waals surface area contributed by atoms with Crippen LogP contribution in [0.3, 0.4) is 0 Å². The number of hydrogen-bond donors (Lipinski definition) is 0. The molecule has 1 saturated heterocycles. The largest absolute Gasteiger partial charge is 0.332 e. The summed E-state index contributed by atoms with van der Waals surface area (Å²) in [5, 5.41) is 9.99. The van der Waals surface area contributed by atoms with Gasteiger partial charge in [-0.2, -0.15) is 5.26 Å². The predicted molar refractivity (Wildman–Crippen MR) is 88.5 cm³/mol. The normalized spacial score (nSPS) is 21.3. The lowest BCUT2D eigenvalue weighted by Gasteiger charge is -2.17. The highest BCUT2D eigenvalue weighted by atomic mass is 16.6. The lowest BCUT2D eigenvalue weighted by Crippen LogP contribution is -2.22. The minimum atomic E-state index is -0.989. The first-order chi connectivity index (χ1) is 11.3. The Hall–Kier alpha value is -2.89. The lowest BCUT2D eigenvalue weighted by molar-refractivity contribution is 0.307. The first-order valence-electron chi connectivity index (χ1n) is 7.61. The van der Waals surface area contributed by atoms with Crippen LogP contribution in [0, 0.1) is 11.3 Å². The zero-order valence-electron chi connectivity index (χ0n) is 12.5. The molecule has 0 spiro atoms. The smallest absolute Gasteiger partial charge is 0.218 e. The van der Waals surface area contributed by atoms with Gasteiger partial charge in [0, 0.05) is 5.56 Å². The summed E-state index contributed by atoms with van der Waals surface area (Å²) in [4.78, 5) is 0. The van der Waals surface area contributed by atoms with E-state index in [-0.39, 0.29) is 0 Å². The molecule has 0 radical (unpaired) electrons. The van der Waals surface area contributed by atoms with E-state index in [0.717, 1.165) is 16.7 Å². The third-order valence-corrected chi connectivity index (χ3v) is 4.46. The molecule has 110 valence electrons. The third kappa shape index (κ3) is 1.84. The average Bonchev–Trinajstić information content (AvgIpc) is 3.36. The van der Waals surface area contributed by atoms with Crippen molar-refractivity contribution in [1.82, 2.24) is 0 Å². The molecule has 0 unspecified atom stereocenters. The third-order valence-electron chi connectivity index (χ3n) is 4.46. The molecule has 2 nitrogen and oxygen atoms in total. The number of benzene rings is 3. The van der Waals surface area contributed by atoms with Gasteiger partial charge in [-0.05, 0) is 11.1 Å². The molecule has 1 aliphatic heterocycles. The Kier molecular flexibility index (Phi) is 3.04. The summed E-state index contributed by atoms with van der Waals surface area (Å²) in [5.41, 5.74) is 1.13. The molecule has 1 aliphatic rings. The first-order valence-corrected chi connectivity index (χ1v) is 7.61. The molecular weight excluding hydrogens is 282 g/mol. The average molecular weight is 297 g/mol. The zero-order chi connectivity index (χ0) is 15.8. The molecule has 23 heavy (non-hydrogen) atoms. The predicted octanol–water partition coefficient (Wildman–Crippen LogP) is 4.38. The number of ether oxygens (including phenoxy) is 1. The van der Waals surface area contributed by atoms with Crippen LogP contribution in [0.5, 0.6) is 0 Å². The van der Waals surface area contributed by atoms with Crippen LogP contribution in [0.1, 0.15) is 16.7 Å².